The summed E-state index contributed by atoms with van der Waals surface area (Å²) < 4.78 is 14.3. The monoisotopic (exact) mass is 540 g/mol. The van der Waals surface area contributed by atoms with E-state index in [4.69, 9.17) is 7.72 Å². The second-order valence-electron chi connectivity index (χ2n) is 9.63. The summed E-state index contributed by atoms with van der Waals surface area (Å²) in [6.45, 7) is 8.27. The van der Waals surface area contributed by atoms with Crippen LogP contribution in [-0.2, 0) is 26.9 Å². The third kappa shape index (κ3) is 4.23. The number of allylic oxidation sites excluding steroid dienone is 2. The number of benzene rings is 1. The molecule has 1 aromatic carbocycles. The molecule has 0 saturated heterocycles. The number of hydrogen-bond acceptors (Lipinski definition) is 3. The molecule has 0 radical (unpaired) electrons. The highest BCUT2D eigenvalue weighted by atomic mass is 127. The van der Waals surface area contributed by atoms with Gasteiger partial charge in [0.05, 0.1) is 17.6 Å². The van der Waals surface area contributed by atoms with Crippen molar-refractivity contribution in [1.29, 1.82) is 5.26 Å². The maximum absolute atomic E-state index is 9.48. The molecule has 1 aromatic heterocycles. The van der Waals surface area contributed by atoms with E-state index in [1.54, 1.807) is 0 Å². The molecule has 0 aliphatic heterocycles. The number of aromatic nitrogens is 1. The van der Waals surface area contributed by atoms with E-state index >= 15 is 0 Å². The van der Waals surface area contributed by atoms with Crippen molar-refractivity contribution in [2.24, 2.45) is 5.92 Å². The smallest absolute Gasteiger partial charge is 0.280 e. The number of rotatable bonds is 7. The van der Waals surface area contributed by atoms with E-state index in [-0.39, 0.29) is 5.92 Å². The summed E-state index contributed by atoms with van der Waals surface area (Å²) in [6.07, 6.45) is 12.4. The zero-order chi connectivity index (χ0) is 22.9. The largest absolute Gasteiger partial charge is 0.431 e. The fourth-order valence-electron chi connectivity index (χ4n) is 4.46. The molecule has 0 unspecified atom stereocenters. The molecule has 0 fully saturated rings. The van der Waals surface area contributed by atoms with E-state index < -0.39 is 11.2 Å². The van der Waals surface area contributed by atoms with Crippen LogP contribution in [0.2, 0.25) is 0 Å². The molecule has 6 heteroatoms. The topological polar surface area (TPSA) is 47.2 Å². The Bertz CT molecular complexity index is 1110. The lowest BCUT2D eigenvalue weighted by Crippen LogP contribution is -2.48. The van der Waals surface area contributed by atoms with Gasteiger partial charge in [-0.25, -0.2) is 0 Å². The van der Waals surface area contributed by atoms with E-state index in [1.165, 1.54) is 33.8 Å². The predicted molar refractivity (Wildman–Crippen MR) is 140 cm³/mol. The third-order valence-electron chi connectivity index (χ3n) is 7.09. The molecule has 4 nitrogen and oxygen atoms in total. The fourth-order valence-corrected chi connectivity index (χ4v) is 4.99. The van der Waals surface area contributed by atoms with Gasteiger partial charge in [-0.05, 0) is 88.2 Å². The van der Waals surface area contributed by atoms with Gasteiger partial charge in [-0.3, -0.25) is 0 Å². The summed E-state index contributed by atoms with van der Waals surface area (Å²) >= 11 is 1.96. The number of para-hydroxylation sites is 1. The molecular weight excluding hydrogens is 510 g/mol. The number of nitriles is 1. The van der Waals surface area contributed by atoms with E-state index in [1.807, 2.05) is 29.1 Å². The van der Waals surface area contributed by atoms with Gasteiger partial charge in [0.15, 0.2) is 0 Å². The number of hydrogen-bond donors (Lipinski definition) is 0. The lowest BCUT2D eigenvalue weighted by atomic mass is 9.83. The molecule has 2 aliphatic carbocycles. The van der Waals surface area contributed by atoms with Gasteiger partial charge < -0.3 is 12.3 Å². The second kappa shape index (κ2) is 9.21. The number of fused-ring (bicyclic) bond motifs is 3. The summed E-state index contributed by atoms with van der Waals surface area (Å²) in [6, 6.07) is 11.0. The van der Waals surface area contributed by atoms with Gasteiger partial charge in [-0.2, -0.15) is 5.26 Å². The minimum atomic E-state index is -0.410. The van der Waals surface area contributed by atoms with Crippen molar-refractivity contribution in [2.75, 3.05) is 0 Å². The van der Waals surface area contributed by atoms with Crippen molar-refractivity contribution in [3.63, 3.8) is 0 Å². The van der Waals surface area contributed by atoms with Gasteiger partial charge in [-0.15, -0.1) is 0 Å². The van der Waals surface area contributed by atoms with Crippen LogP contribution >= 0.6 is 23.0 Å². The van der Waals surface area contributed by atoms with Gasteiger partial charge in [0.1, 0.15) is 28.6 Å². The van der Waals surface area contributed by atoms with Gasteiger partial charge in [0, 0.05) is 17.1 Å². The van der Waals surface area contributed by atoms with Crippen LogP contribution in [0.3, 0.4) is 0 Å². The first-order valence-electron chi connectivity index (χ1n) is 11.3. The summed E-state index contributed by atoms with van der Waals surface area (Å²) in [4.78, 5) is 0. The van der Waals surface area contributed by atoms with Crippen molar-refractivity contribution in [1.82, 2.24) is 4.57 Å². The standard InChI is InChI=1S/C26H30BIN2O2/c1-25(2,26(3,4)32-28)31-27-16-19-9-5-7-11-22(19)30-23-12-8-6-10-20(23)21-15-18(17-29)13-14-24(21)30/h5,7-9,11-14,18,27H,6,10,15-16H2,1-4H3/t18-/m1/s1. The number of nitrogens with zero attached hydrogens (tertiary/aromatic N) is 2. The molecule has 2 aliphatic rings. The van der Waals surface area contributed by atoms with E-state index in [0.29, 0.717) is 7.48 Å². The average molecular weight is 540 g/mol. The van der Waals surface area contributed by atoms with Crippen molar-refractivity contribution in [3.8, 4) is 11.8 Å². The van der Waals surface area contributed by atoms with Crippen molar-refractivity contribution < 1.29 is 7.72 Å². The van der Waals surface area contributed by atoms with Crippen LogP contribution < -0.4 is 0 Å². The number of halogens is 1. The third-order valence-corrected chi connectivity index (χ3v) is 8.19. The molecule has 1 atom stereocenters. The van der Waals surface area contributed by atoms with Crippen LogP contribution in [0.1, 0.15) is 62.2 Å². The van der Waals surface area contributed by atoms with Gasteiger partial charge in [0.25, 0.3) is 7.48 Å². The Balaban J connectivity index is 1.68. The molecule has 0 saturated carbocycles. The molecule has 0 N–H and O–H groups in total. The molecule has 4 rings (SSSR count). The Labute approximate surface area is 206 Å². The molecule has 0 spiro atoms. The maximum Gasteiger partial charge on any atom is 0.280 e. The Hall–Kier alpha value is -1.82. The van der Waals surface area contributed by atoms with Crippen LogP contribution in [0.5, 0.6) is 0 Å². The van der Waals surface area contributed by atoms with Crippen molar-refractivity contribution >= 4 is 42.6 Å². The zero-order valence-corrected chi connectivity index (χ0v) is 21.5. The van der Waals surface area contributed by atoms with Crippen LogP contribution in [0.15, 0.2) is 36.4 Å². The lowest BCUT2D eigenvalue weighted by molar-refractivity contribution is -0.0495. The predicted octanol–water partition coefficient (Wildman–Crippen LogP) is 5.94. The minimum Gasteiger partial charge on any atom is -0.431 e. The van der Waals surface area contributed by atoms with Crippen molar-refractivity contribution in [3.05, 3.63) is 64.5 Å². The summed E-state index contributed by atoms with van der Waals surface area (Å²) in [5, 5.41) is 9.48. The Morgan fingerprint density at radius 3 is 2.62 bits per heavy atom. The molecule has 166 valence electrons. The first-order chi connectivity index (χ1) is 15.3. The molecule has 1 heterocycles. The van der Waals surface area contributed by atoms with Crippen LogP contribution in [0.4, 0.5) is 0 Å². The molecule has 32 heavy (non-hydrogen) atoms. The van der Waals surface area contributed by atoms with Crippen LogP contribution in [-0.4, -0.2) is 23.3 Å². The second-order valence-corrected chi connectivity index (χ2v) is 10.1. The first-order valence-corrected chi connectivity index (χ1v) is 12.2. The van der Waals surface area contributed by atoms with Crippen molar-refractivity contribution in [2.45, 2.75) is 64.5 Å². The Kier molecular flexibility index (Phi) is 6.72. The lowest BCUT2D eigenvalue weighted by Gasteiger charge is -2.39. The Morgan fingerprint density at radius 1 is 1.12 bits per heavy atom. The van der Waals surface area contributed by atoms with Crippen LogP contribution in [0.25, 0.3) is 17.8 Å². The van der Waals surface area contributed by atoms with Gasteiger partial charge >= 0.3 is 0 Å². The molecule has 0 bridgehead atoms. The summed E-state index contributed by atoms with van der Waals surface area (Å²) in [5.41, 5.74) is 6.88. The highest BCUT2D eigenvalue weighted by Crippen LogP contribution is 2.37. The highest BCUT2D eigenvalue weighted by Gasteiger charge is 2.38. The van der Waals surface area contributed by atoms with Crippen LogP contribution in [0, 0.1) is 17.2 Å². The molecular formula is C26H30BIN2O2. The normalized spacial score (nSPS) is 17.6. The first kappa shape index (κ1) is 23.3. The SMILES string of the molecule is CC(C)(OI)C(C)(C)OBCc1ccccc1-n1c2c(c3c1C=C[C@@H](C#N)C3)CCC=C2. The van der Waals surface area contributed by atoms with Gasteiger partial charge in [0.2, 0.25) is 0 Å². The summed E-state index contributed by atoms with van der Waals surface area (Å²) in [5.74, 6) is -0.0392. The fraction of sp³-hybridized carbons (Fsp3) is 0.423. The minimum absolute atomic E-state index is 0.0392. The molecule has 2 aromatic rings. The highest BCUT2D eigenvalue weighted by molar-refractivity contribution is 14.1. The average Bonchev–Trinajstić information content (AvgIpc) is 3.12. The van der Waals surface area contributed by atoms with E-state index in [2.05, 4.69) is 80.8 Å². The molecule has 0 amide bonds. The van der Waals surface area contributed by atoms with E-state index in [0.717, 1.165) is 25.6 Å². The zero-order valence-electron chi connectivity index (χ0n) is 19.3. The maximum atomic E-state index is 9.48. The van der Waals surface area contributed by atoms with Gasteiger partial charge in [-0.1, -0.05) is 30.4 Å². The Morgan fingerprint density at radius 2 is 1.88 bits per heavy atom. The summed E-state index contributed by atoms with van der Waals surface area (Å²) in [7, 11) is 0.612. The quantitative estimate of drug-likeness (QED) is 0.323. The van der Waals surface area contributed by atoms with E-state index in [9.17, 15) is 5.26 Å².